The molecule has 2 heterocycles. The van der Waals surface area contributed by atoms with Gasteiger partial charge in [0.05, 0.1) is 10.9 Å². The van der Waals surface area contributed by atoms with Gasteiger partial charge in [-0.05, 0) is 25.5 Å². The maximum absolute atomic E-state index is 12.6. The monoisotopic (exact) mass is 294 g/mol. The number of amides is 1. The lowest BCUT2D eigenvalue weighted by Crippen LogP contribution is -2.45. The highest BCUT2D eigenvalue weighted by atomic mass is 32.2. The van der Waals surface area contributed by atoms with Crippen molar-refractivity contribution in [3.05, 3.63) is 29.6 Å². The van der Waals surface area contributed by atoms with E-state index in [0.717, 1.165) is 18.5 Å². The molecular weight excluding hydrogens is 276 g/mol. The van der Waals surface area contributed by atoms with Gasteiger partial charge in [0.25, 0.3) is 5.91 Å². The normalized spacial score (nSPS) is 22.0. The van der Waals surface area contributed by atoms with E-state index >= 15 is 0 Å². The second kappa shape index (κ2) is 6.26. The molecule has 0 radical (unpaired) electrons. The van der Waals surface area contributed by atoms with Crippen LogP contribution in [0.5, 0.6) is 0 Å². The lowest BCUT2D eigenvalue weighted by molar-refractivity contribution is -0.141. The van der Waals surface area contributed by atoms with Gasteiger partial charge in [-0.2, -0.15) is 0 Å². The maximum atomic E-state index is 12.6. The van der Waals surface area contributed by atoms with Gasteiger partial charge in [0.1, 0.15) is 6.04 Å². The topological polar surface area (TPSA) is 70.5 Å². The molecule has 1 aliphatic heterocycles. The van der Waals surface area contributed by atoms with E-state index in [1.54, 1.807) is 23.9 Å². The molecule has 0 aliphatic carbocycles. The van der Waals surface area contributed by atoms with Gasteiger partial charge in [0.2, 0.25) is 0 Å². The van der Waals surface area contributed by atoms with E-state index in [4.69, 9.17) is 0 Å². The summed E-state index contributed by atoms with van der Waals surface area (Å²) in [6, 6.07) is 2.72. The predicted molar refractivity (Wildman–Crippen MR) is 77.7 cm³/mol. The van der Waals surface area contributed by atoms with Crippen LogP contribution in [0.25, 0.3) is 0 Å². The Morgan fingerprint density at radius 2 is 2.25 bits per heavy atom. The van der Waals surface area contributed by atoms with Crippen molar-refractivity contribution < 1.29 is 14.7 Å². The number of carboxylic acid groups (broad SMARTS) is 1. The van der Waals surface area contributed by atoms with Crippen LogP contribution in [-0.2, 0) is 4.79 Å². The molecule has 1 aliphatic rings. The highest BCUT2D eigenvalue weighted by Gasteiger charge is 2.41. The van der Waals surface area contributed by atoms with E-state index in [9.17, 15) is 14.7 Å². The summed E-state index contributed by atoms with van der Waals surface area (Å²) in [4.78, 5) is 29.5. The van der Waals surface area contributed by atoms with Gasteiger partial charge in [-0.25, -0.2) is 4.79 Å². The van der Waals surface area contributed by atoms with E-state index in [-0.39, 0.29) is 11.3 Å². The smallest absolute Gasteiger partial charge is 0.327 e. The second-order valence-corrected chi connectivity index (χ2v) is 6.04. The minimum atomic E-state index is -0.940. The van der Waals surface area contributed by atoms with Gasteiger partial charge in [0.15, 0.2) is 0 Å². The van der Waals surface area contributed by atoms with Crippen LogP contribution in [0.1, 0.15) is 35.8 Å². The Bertz CT molecular complexity index is 504. The molecule has 5 nitrogen and oxygen atoms in total. The van der Waals surface area contributed by atoms with Crippen molar-refractivity contribution in [3.63, 3.8) is 0 Å². The van der Waals surface area contributed by atoms with Crippen LogP contribution >= 0.6 is 11.8 Å². The van der Waals surface area contributed by atoms with Gasteiger partial charge in [-0.1, -0.05) is 13.3 Å². The quantitative estimate of drug-likeness (QED) is 0.921. The molecule has 6 heteroatoms. The van der Waals surface area contributed by atoms with Crippen molar-refractivity contribution in [1.29, 1.82) is 0 Å². The number of pyridine rings is 1. The first-order chi connectivity index (χ1) is 9.54. The van der Waals surface area contributed by atoms with Gasteiger partial charge in [0, 0.05) is 17.6 Å². The van der Waals surface area contributed by atoms with Crippen molar-refractivity contribution in [2.24, 2.45) is 0 Å². The van der Waals surface area contributed by atoms with Gasteiger partial charge < -0.3 is 10.0 Å². The summed E-state index contributed by atoms with van der Waals surface area (Å²) in [5, 5.41) is 9.23. The SMILES string of the molecule is CCCC1SCC(C(=O)O)N1C(=O)c1ccc(C)nc1. The third-order valence-electron chi connectivity index (χ3n) is 3.31. The van der Waals surface area contributed by atoms with Crippen molar-refractivity contribution in [1.82, 2.24) is 9.88 Å². The van der Waals surface area contributed by atoms with Crippen LogP contribution < -0.4 is 0 Å². The first-order valence-electron chi connectivity index (χ1n) is 6.64. The van der Waals surface area contributed by atoms with Crippen molar-refractivity contribution in [3.8, 4) is 0 Å². The molecule has 108 valence electrons. The minimum absolute atomic E-state index is 0.0603. The number of hydrogen-bond donors (Lipinski definition) is 1. The van der Waals surface area contributed by atoms with Crippen molar-refractivity contribution >= 4 is 23.6 Å². The molecule has 1 aromatic rings. The van der Waals surface area contributed by atoms with E-state index in [1.165, 1.54) is 11.1 Å². The Kier molecular flexibility index (Phi) is 4.65. The summed E-state index contributed by atoms with van der Waals surface area (Å²) in [6.07, 6.45) is 3.24. The second-order valence-electron chi connectivity index (χ2n) is 4.83. The first kappa shape index (κ1) is 14.8. The third kappa shape index (κ3) is 2.95. The van der Waals surface area contributed by atoms with Crippen LogP contribution in [0, 0.1) is 6.92 Å². The van der Waals surface area contributed by atoms with Crippen LogP contribution in [0.4, 0.5) is 0 Å². The largest absolute Gasteiger partial charge is 0.480 e. The summed E-state index contributed by atoms with van der Waals surface area (Å²) < 4.78 is 0. The molecule has 2 rings (SSSR count). The summed E-state index contributed by atoms with van der Waals surface area (Å²) in [5.41, 5.74) is 1.28. The number of aromatic nitrogens is 1. The molecule has 1 amide bonds. The Morgan fingerprint density at radius 3 is 2.80 bits per heavy atom. The number of hydrogen-bond acceptors (Lipinski definition) is 4. The van der Waals surface area contributed by atoms with Crippen LogP contribution in [0.3, 0.4) is 0 Å². The Hall–Kier alpha value is -1.56. The highest BCUT2D eigenvalue weighted by Crippen LogP contribution is 2.33. The number of carbonyl (C=O) groups is 2. The highest BCUT2D eigenvalue weighted by molar-refractivity contribution is 8.00. The standard InChI is InChI=1S/C14H18N2O3S/c1-3-4-12-16(11(8-20-12)14(18)19)13(17)10-6-5-9(2)15-7-10/h5-7,11-12H,3-4,8H2,1-2H3,(H,18,19). The van der Waals surface area contributed by atoms with Crippen LogP contribution in [-0.4, -0.2) is 44.0 Å². The van der Waals surface area contributed by atoms with E-state index in [2.05, 4.69) is 4.98 Å². The fourth-order valence-corrected chi connectivity index (χ4v) is 3.75. The molecule has 0 bridgehead atoms. The summed E-state index contributed by atoms with van der Waals surface area (Å²) in [5.74, 6) is -0.733. The number of carboxylic acids is 1. The number of aliphatic carboxylic acids is 1. The van der Waals surface area contributed by atoms with E-state index in [0.29, 0.717) is 11.3 Å². The summed E-state index contributed by atoms with van der Waals surface area (Å²) in [6.45, 7) is 3.88. The van der Waals surface area contributed by atoms with E-state index in [1.807, 2.05) is 13.8 Å². The zero-order chi connectivity index (χ0) is 14.7. The molecule has 2 atom stereocenters. The predicted octanol–water partition coefficient (Wildman–Crippen LogP) is 2.16. The molecule has 1 N–H and O–H groups in total. The minimum Gasteiger partial charge on any atom is -0.480 e. The zero-order valence-electron chi connectivity index (χ0n) is 11.6. The Labute approximate surface area is 122 Å². The Balaban J connectivity index is 2.26. The third-order valence-corrected chi connectivity index (χ3v) is 4.66. The van der Waals surface area contributed by atoms with Crippen LogP contribution in [0.2, 0.25) is 0 Å². The molecular formula is C14H18N2O3S. The molecule has 1 saturated heterocycles. The fourth-order valence-electron chi connectivity index (χ4n) is 2.24. The summed E-state index contributed by atoms with van der Waals surface area (Å²) in [7, 11) is 0. The number of nitrogens with zero attached hydrogens (tertiary/aromatic N) is 2. The lowest BCUT2D eigenvalue weighted by Gasteiger charge is -2.27. The maximum Gasteiger partial charge on any atom is 0.327 e. The van der Waals surface area contributed by atoms with Crippen molar-refractivity contribution in [2.45, 2.75) is 38.1 Å². The number of aryl methyl sites for hydroxylation is 1. The molecule has 0 aromatic carbocycles. The molecule has 0 saturated carbocycles. The fraction of sp³-hybridized carbons (Fsp3) is 0.500. The van der Waals surface area contributed by atoms with Gasteiger partial charge >= 0.3 is 5.97 Å². The number of carbonyl (C=O) groups excluding carboxylic acids is 1. The van der Waals surface area contributed by atoms with Gasteiger partial charge in [-0.3, -0.25) is 9.78 Å². The molecule has 1 fully saturated rings. The average molecular weight is 294 g/mol. The zero-order valence-corrected chi connectivity index (χ0v) is 12.4. The Morgan fingerprint density at radius 1 is 1.50 bits per heavy atom. The molecule has 0 spiro atoms. The van der Waals surface area contributed by atoms with E-state index < -0.39 is 12.0 Å². The number of thioether (sulfide) groups is 1. The molecule has 1 aromatic heterocycles. The van der Waals surface area contributed by atoms with Gasteiger partial charge in [-0.15, -0.1) is 11.8 Å². The first-order valence-corrected chi connectivity index (χ1v) is 7.69. The molecule has 20 heavy (non-hydrogen) atoms. The summed E-state index contributed by atoms with van der Waals surface area (Å²) >= 11 is 1.54. The molecule has 2 unspecified atom stereocenters. The number of rotatable bonds is 4. The average Bonchev–Trinajstić information content (AvgIpc) is 2.83. The van der Waals surface area contributed by atoms with Crippen LogP contribution in [0.15, 0.2) is 18.3 Å². The van der Waals surface area contributed by atoms with Crippen molar-refractivity contribution in [2.75, 3.05) is 5.75 Å². The lowest BCUT2D eigenvalue weighted by atomic mass is 10.1.